The third-order valence-corrected chi connectivity index (χ3v) is 4.19. The number of nitrogens with one attached hydrogen (secondary N) is 1. The molecule has 3 heterocycles. The Morgan fingerprint density at radius 3 is 2.00 bits per heavy atom. The van der Waals surface area contributed by atoms with Crippen LogP contribution >= 0.6 is 0 Å². The zero-order chi connectivity index (χ0) is 17.9. The minimum absolute atomic E-state index is 0.802. The predicted octanol–water partition coefficient (Wildman–Crippen LogP) is 4.27. The van der Waals surface area contributed by atoms with Crippen LogP contribution in [0.3, 0.4) is 0 Å². The minimum atomic E-state index is 0.802. The Hall–Kier alpha value is -3.47. The molecule has 0 atom stereocenters. The molecule has 0 saturated carbocycles. The van der Waals surface area contributed by atoms with Crippen LogP contribution in [0.1, 0.15) is 0 Å². The topological polar surface area (TPSA) is 57.7 Å². The molecule has 1 N–H and O–H groups in total. The Balaban J connectivity index is 1.83. The molecule has 1 aromatic carbocycles. The van der Waals surface area contributed by atoms with Crippen LogP contribution in [-0.2, 0) is 0 Å². The molecule has 0 aliphatic carbocycles. The van der Waals surface area contributed by atoms with Crippen LogP contribution in [0.4, 0.5) is 5.69 Å². The first-order valence-electron chi connectivity index (χ1n) is 8.43. The molecule has 26 heavy (non-hydrogen) atoms. The molecule has 5 heteroatoms. The van der Waals surface area contributed by atoms with Gasteiger partial charge in [-0.3, -0.25) is 9.97 Å². The fourth-order valence-corrected chi connectivity index (χ4v) is 2.81. The third-order valence-electron chi connectivity index (χ3n) is 4.19. The van der Waals surface area contributed by atoms with Crippen molar-refractivity contribution in [1.82, 2.24) is 19.9 Å². The molecule has 0 radical (unpaired) electrons. The zero-order valence-corrected chi connectivity index (χ0v) is 14.7. The van der Waals surface area contributed by atoms with Gasteiger partial charge in [-0.25, -0.2) is 4.98 Å². The van der Waals surface area contributed by atoms with E-state index in [1.54, 1.807) is 12.4 Å². The van der Waals surface area contributed by atoms with Crippen molar-refractivity contribution in [3.05, 3.63) is 73.1 Å². The number of H-pyrrole nitrogens is 1. The van der Waals surface area contributed by atoms with Crippen molar-refractivity contribution in [3.63, 3.8) is 0 Å². The highest BCUT2D eigenvalue weighted by molar-refractivity contribution is 5.78. The van der Waals surface area contributed by atoms with E-state index in [2.05, 4.69) is 44.1 Å². The quantitative estimate of drug-likeness (QED) is 0.602. The van der Waals surface area contributed by atoms with Gasteiger partial charge in [0.2, 0.25) is 0 Å². The van der Waals surface area contributed by atoms with Crippen molar-refractivity contribution in [3.8, 4) is 34.2 Å². The fraction of sp³-hybridized carbons (Fsp3) is 0.0952. The fourth-order valence-electron chi connectivity index (χ4n) is 2.81. The zero-order valence-electron chi connectivity index (χ0n) is 14.7. The van der Waals surface area contributed by atoms with Gasteiger partial charge in [0, 0.05) is 37.7 Å². The van der Waals surface area contributed by atoms with E-state index in [0.717, 1.165) is 39.9 Å². The molecule has 0 fully saturated rings. The van der Waals surface area contributed by atoms with Crippen LogP contribution in [0.25, 0.3) is 34.2 Å². The lowest BCUT2D eigenvalue weighted by Gasteiger charge is -2.12. The third kappa shape index (κ3) is 3.07. The second-order valence-corrected chi connectivity index (χ2v) is 6.18. The SMILES string of the molecule is CN(C)c1ccc(-c2nc(-c3ccccn3)c(-c3ccccn3)[nH]2)cc1. The van der Waals surface area contributed by atoms with E-state index in [-0.39, 0.29) is 0 Å². The van der Waals surface area contributed by atoms with E-state index in [9.17, 15) is 0 Å². The molecule has 0 unspecified atom stereocenters. The van der Waals surface area contributed by atoms with Crippen molar-refractivity contribution >= 4 is 5.69 Å². The summed E-state index contributed by atoms with van der Waals surface area (Å²) in [6.07, 6.45) is 3.56. The molecule has 0 amide bonds. The largest absolute Gasteiger partial charge is 0.378 e. The first kappa shape index (κ1) is 16.0. The molecule has 4 aromatic rings. The second-order valence-electron chi connectivity index (χ2n) is 6.18. The van der Waals surface area contributed by atoms with Crippen LogP contribution < -0.4 is 4.90 Å². The number of benzene rings is 1. The van der Waals surface area contributed by atoms with E-state index < -0.39 is 0 Å². The lowest BCUT2D eigenvalue weighted by atomic mass is 10.2. The lowest BCUT2D eigenvalue weighted by Crippen LogP contribution is -2.07. The Morgan fingerprint density at radius 1 is 0.769 bits per heavy atom. The van der Waals surface area contributed by atoms with E-state index in [1.807, 2.05) is 50.5 Å². The molecule has 0 aliphatic rings. The van der Waals surface area contributed by atoms with Crippen LogP contribution in [0, 0.1) is 0 Å². The van der Waals surface area contributed by atoms with Gasteiger partial charge in [-0.15, -0.1) is 0 Å². The summed E-state index contributed by atoms with van der Waals surface area (Å²) >= 11 is 0. The molecule has 4 rings (SSSR count). The number of aromatic amines is 1. The van der Waals surface area contributed by atoms with Gasteiger partial charge < -0.3 is 9.88 Å². The Morgan fingerprint density at radius 2 is 1.42 bits per heavy atom. The first-order chi connectivity index (χ1) is 12.7. The van der Waals surface area contributed by atoms with E-state index in [0.29, 0.717) is 0 Å². The molecular weight excluding hydrogens is 322 g/mol. The number of anilines is 1. The molecule has 128 valence electrons. The van der Waals surface area contributed by atoms with Crippen LogP contribution in [-0.4, -0.2) is 34.0 Å². The van der Waals surface area contributed by atoms with Crippen molar-refractivity contribution in [2.45, 2.75) is 0 Å². The average molecular weight is 341 g/mol. The highest BCUT2D eigenvalue weighted by atomic mass is 15.1. The molecule has 0 bridgehead atoms. The van der Waals surface area contributed by atoms with Crippen molar-refractivity contribution in [2.24, 2.45) is 0 Å². The molecule has 3 aromatic heterocycles. The lowest BCUT2D eigenvalue weighted by molar-refractivity contribution is 1.13. The van der Waals surface area contributed by atoms with Gasteiger partial charge in [0.1, 0.15) is 11.5 Å². The van der Waals surface area contributed by atoms with Crippen molar-refractivity contribution < 1.29 is 0 Å². The van der Waals surface area contributed by atoms with Crippen LogP contribution in [0.15, 0.2) is 73.1 Å². The number of hydrogen-bond donors (Lipinski definition) is 1. The molecular formula is C21H19N5. The number of rotatable bonds is 4. The smallest absolute Gasteiger partial charge is 0.138 e. The standard InChI is InChI=1S/C21H19N5/c1-26(2)16-11-9-15(10-12-16)21-24-19(17-7-3-5-13-22-17)20(25-21)18-8-4-6-14-23-18/h3-14H,1-2H3,(H,24,25). The Kier molecular flexibility index (Phi) is 4.19. The highest BCUT2D eigenvalue weighted by Crippen LogP contribution is 2.31. The summed E-state index contributed by atoms with van der Waals surface area (Å²) in [5.41, 5.74) is 5.51. The van der Waals surface area contributed by atoms with Gasteiger partial charge in [-0.2, -0.15) is 0 Å². The second kappa shape index (κ2) is 6.80. The maximum Gasteiger partial charge on any atom is 0.138 e. The first-order valence-corrected chi connectivity index (χ1v) is 8.43. The summed E-state index contributed by atoms with van der Waals surface area (Å²) in [5, 5.41) is 0. The number of imidazole rings is 1. The Bertz CT molecular complexity index is 933. The van der Waals surface area contributed by atoms with Gasteiger partial charge in [0.15, 0.2) is 0 Å². The molecule has 0 spiro atoms. The summed E-state index contributed by atoms with van der Waals surface area (Å²) < 4.78 is 0. The highest BCUT2D eigenvalue weighted by Gasteiger charge is 2.16. The maximum atomic E-state index is 4.83. The molecule has 0 aliphatic heterocycles. The van der Waals surface area contributed by atoms with E-state index >= 15 is 0 Å². The van der Waals surface area contributed by atoms with Gasteiger partial charge in [-0.05, 0) is 48.5 Å². The normalized spacial score (nSPS) is 10.7. The van der Waals surface area contributed by atoms with Gasteiger partial charge >= 0.3 is 0 Å². The van der Waals surface area contributed by atoms with Gasteiger partial charge in [-0.1, -0.05) is 12.1 Å². The van der Waals surface area contributed by atoms with E-state index in [1.165, 1.54) is 0 Å². The number of aromatic nitrogens is 4. The predicted molar refractivity (Wildman–Crippen MR) is 105 cm³/mol. The van der Waals surface area contributed by atoms with Crippen LogP contribution in [0.2, 0.25) is 0 Å². The molecule has 5 nitrogen and oxygen atoms in total. The van der Waals surface area contributed by atoms with Crippen molar-refractivity contribution in [2.75, 3.05) is 19.0 Å². The maximum absolute atomic E-state index is 4.83. The average Bonchev–Trinajstić information content (AvgIpc) is 3.15. The summed E-state index contributed by atoms with van der Waals surface area (Å²) in [4.78, 5) is 19.3. The summed E-state index contributed by atoms with van der Waals surface area (Å²) in [7, 11) is 4.06. The molecule has 0 saturated heterocycles. The minimum Gasteiger partial charge on any atom is -0.378 e. The monoisotopic (exact) mass is 341 g/mol. The summed E-state index contributed by atoms with van der Waals surface area (Å²) in [6.45, 7) is 0. The Labute approximate surface area is 152 Å². The van der Waals surface area contributed by atoms with E-state index in [4.69, 9.17) is 4.98 Å². The van der Waals surface area contributed by atoms with Gasteiger partial charge in [0.05, 0.1) is 17.1 Å². The number of hydrogen-bond acceptors (Lipinski definition) is 4. The number of nitrogens with zero attached hydrogens (tertiary/aromatic N) is 4. The summed E-state index contributed by atoms with van der Waals surface area (Å²) in [6, 6.07) is 20.0. The number of pyridine rings is 2. The summed E-state index contributed by atoms with van der Waals surface area (Å²) in [5.74, 6) is 0.802. The van der Waals surface area contributed by atoms with Gasteiger partial charge in [0.25, 0.3) is 0 Å². The van der Waals surface area contributed by atoms with Crippen molar-refractivity contribution in [1.29, 1.82) is 0 Å². The van der Waals surface area contributed by atoms with Crippen LogP contribution in [0.5, 0.6) is 0 Å².